The average Bonchev–Trinajstić information content (AvgIpc) is 3.14. The Morgan fingerprint density at radius 1 is 1.18 bits per heavy atom. The van der Waals surface area contributed by atoms with Gasteiger partial charge in [0.1, 0.15) is 12.6 Å². The molecular weight excluding hydrogens is 424 g/mol. The van der Waals surface area contributed by atoms with Gasteiger partial charge in [-0.05, 0) is 42.9 Å². The largest absolute Gasteiger partial charge is 0.445 e. The minimum Gasteiger partial charge on any atom is -0.445 e. The van der Waals surface area contributed by atoms with Crippen molar-refractivity contribution in [2.45, 2.75) is 57.7 Å². The highest BCUT2D eigenvalue weighted by atomic mass is 16.5. The molecule has 0 aliphatic carbocycles. The van der Waals surface area contributed by atoms with Gasteiger partial charge in [-0.25, -0.2) is 4.79 Å². The molecule has 0 spiro atoms. The molecule has 33 heavy (non-hydrogen) atoms. The minimum atomic E-state index is -0.646. The first-order valence-electron chi connectivity index (χ1n) is 11.5. The zero-order chi connectivity index (χ0) is 23.4. The van der Waals surface area contributed by atoms with Crippen molar-refractivity contribution in [3.05, 3.63) is 47.2 Å². The zero-order valence-electron chi connectivity index (χ0n) is 18.7. The van der Waals surface area contributed by atoms with E-state index in [9.17, 15) is 19.2 Å². The first-order valence-corrected chi connectivity index (χ1v) is 11.5. The second kappa shape index (κ2) is 10.1. The average molecular weight is 455 g/mol. The number of nitrogens with zero attached hydrogens (tertiary/aromatic N) is 2. The van der Waals surface area contributed by atoms with E-state index in [0.717, 1.165) is 24.4 Å². The summed E-state index contributed by atoms with van der Waals surface area (Å²) in [7, 11) is 0. The van der Waals surface area contributed by atoms with Crippen molar-refractivity contribution in [2.75, 3.05) is 19.6 Å². The molecule has 3 aliphatic rings. The molecule has 0 bridgehead atoms. The van der Waals surface area contributed by atoms with Gasteiger partial charge in [0.25, 0.3) is 5.91 Å². The first kappa shape index (κ1) is 22.8. The number of benzene rings is 1. The first-order chi connectivity index (χ1) is 15.9. The normalized spacial score (nSPS) is 20.4. The van der Waals surface area contributed by atoms with Crippen LogP contribution in [0.1, 0.15) is 60.0 Å². The van der Waals surface area contributed by atoms with Crippen molar-refractivity contribution >= 4 is 23.8 Å². The second-order valence-electron chi connectivity index (χ2n) is 8.76. The van der Waals surface area contributed by atoms with Gasteiger partial charge in [-0.2, -0.15) is 0 Å². The summed E-state index contributed by atoms with van der Waals surface area (Å²) in [6.07, 6.45) is 4.34. The van der Waals surface area contributed by atoms with Gasteiger partial charge < -0.3 is 19.9 Å². The maximum Gasteiger partial charge on any atom is 0.407 e. The quantitative estimate of drug-likeness (QED) is 0.611. The molecule has 9 heteroatoms. The van der Waals surface area contributed by atoms with Gasteiger partial charge in [-0.3, -0.25) is 19.7 Å². The number of imide groups is 1. The molecule has 0 radical (unpaired) electrons. The van der Waals surface area contributed by atoms with Crippen molar-refractivity contribution in [1.82, 2.24) is 20.4 Å². The number of hydrogen-bond donors (Lipinski definition) is 2. The molecule has 2 N–H and O–H groups in total. The number of hydrogen-bond acceptors (Lipinski definition) is 6. The van der Waals surface area contributed by atoms with E-state index >= 15 is 0 Å². The number of carbonyl (C=O) groups is 4. The zero-order valence-corrected chi connectivity index (χ0v) is 18.7. The van der Waals surface area contributed by atoms with Gasteiger partial charge in [0.15, 0.2) is 0 Å². The number of nitrogens with one attached hydrogen (secondary N) is 2. The van der Waals surface area contributed by atoms with Crippen LogP contribution >= 0.6 is 0 Å². The van der Waals surface area contributed by atoms with Crippen LogP contribution in [0, 0.1) is 0 Å². The number of fused-ring (bicyclic) bond motifs is 1. The highest BCUT2D eigenvalue weighted by Crippen LogP contribution is 2.28. The maximum absolute atomic E-state index is 12.9. The lowest BCUT2D eigenvalue weighted by molar-refractivity contribution is -0.136. The summed E-state index contributed by atoms with van der Waals surface area (Å²) in [6.45, 7) is 6.99. The van der Waals surface area contributed by atoms with Crippen LogP contribution in [0.2, 0.25) is 0 Å². The molecule has 1 unspecified atom stereocenters. The third-order valence-corrected chi connectivity index (χ3v) is 6.45. The number of alkyl carbamates (subject to hydrolysis) is 1. The van der Waals surface area contributed by atoms with Gasteiger partial charge in [0.2, 0.25) is 11.8 Å². The van der Waals surface area contributed by atoms with E-state index in [-0.39, 0.29) is 24.8 Å². The minimum absolute atomic E-state index is 0.0396. The molecule has 2 saturated heterocycles. The van der Waals surface area contributed by atoms with E-state index in [1.54, 1.807) is 6.07 Å². The maximum atomic E-state index is 12.9. The Hall–Kier alpha value is -3.36. The van der Waals surface area contributed by atoms with Gasteiger partial charge in [0.05, 0.1) is 0 Å². The van der Waals surface area contributed by atoms with E-state index in [1.807, 2.05) is 12.1 Å². The van der Waals surface area contributed by atoms with Crippen LogP contribution < -0.4 is 10.6 Å². The van der Waals surface area contributed by atoms with Crippen molar-refractivity contribution in [2.24, 2.45) is 0 Å². The van der Waals surface area contributed by atoms with Gasteiger partial charge >= 0.3 is 6.09 Å². The SMILES string of the molecule is C=C(CCNC(=O)OCc1ccc2c(c1)C(=O)N(C1CCC(=O)NC1=O)C2)N1CCCCC1. The number of ether oxygens (including phenoxy) is 1. The van der Waals surface area contributed by atoms with E-state index in [1.165, 1.54) is 24.2 Å². The summed E-state index contributed by atoms with van der Waals surface area (Å²) in [5.74, 6) is -0.994. The monoisotopic (exact) mass is 454 g/mol. The van der Waals surface area contributed by atoms with Crippen LogP contribution in [-0.4, -0.2) is 59.3 Å². The molecule has 0 aromatic heterocycles. The summed E-state index contributed by atoms with van der Waals surface area (Å²) in [5.41, 5.74) is 3.04. The number of amides is 4. The Labute approximate surface area is 193 Å². The molecule has 1 aromatic carbocycles. The van der Waals surface area contributed by atoms with Crippen LogP contribution in [-0.2, 0) is 27.5 Å². The molecule has 4 amide bonds. The van der Waals surface area contributed by atoms with E-state index < -0.39 is 18.0 Å². The third kappa shape index (κ3) is 5.35. The number of rotatable bonds is 7. The highest BCUT2D eigenvalue weighted by molar-refractivity contribution is 6.05. The summed E-state index contributed by atoms with van der Waals surface area (Å²) < 4.78 is 5.30. The molecule has 4 rings (SSSR count). The van der Waals surface area contributed by atoms with E-state index in [2.05, 4.69) is 22.1 Å². The standard InChI is InChI=1S/C24H30N4O5/c1-16(27-11-3-2-4-12-27)9-10-25-24(32)33-15-17-5-6-18-14-28(23(31)19(18)13-17)20-7-8-21(29)26-22(20)30/h5-6,13,20H,1-4,7-12,14-15H2,(H,25,32)(H,26,29,30). The fourth-order valence-electron chi connectivity index (χ4n) is 4.57. The molecule has 0 saturated carbocycles. The third-order valence-electron chi connectivity index (χ3n) is 6.45. The summed E-state index contributed by atoms with van der Waals surface area (Å²) in [4.78, 5) is 52.3. The van der Waals surface area contributed by atoms with Gasteiger partial charge in [-0.15, -0.1) is 0 Å². The lowest BCUT2D eigenvalue weighted by atomic mass is 10.0. The Balaban J connectivity index is 1.24. The predicted molar refractivity (Wildman–Crippen MR) is 120 cm³/mol. The number of carbonyl (C=O) groups excluding carboxylic acids is 4. The molecule has 3 aliphatic heterocycles. The number of piperidine rings is 2. The molecule has 1 aromatic rings. The Morgan fingerprint density at radius 3 is 2.73 bits per heavy atom. The van der Waals surface area contributed by atoms with E-state index in [0.29, 0.717) is 37.1 Å². The van der Waals surface area contributed by atoms with Crippen LogP contribution in [0.15, 0.2) is 30.5 Å². The van der Waals surface area contributed by atoms with E-state index in [4.69, 9.17) is 4.74 Å². The smallest absolute Gasteiger partial charge is 0.407 e. The van der Waals surface area contributed by atoms with Crippen molar-refractivity contribution in [3.8, 4) is 0 Å². The fraction of sp³-hybridized carbons (Fsp3) is 0.500. The molecular formula is C24H30N4O5. The number of likely N-dealkylation sites (tertiary alicyclic amines) is 1. The summed E-state index contributed by atoms with van der Waals surface area (Å²) >= 11 is 0. The van der Waals surface area contributed by atoms with Crippen LogP contribution in [0.5, 0.6) is 0 Å². The van der Waals surface area contributed by atoms with Crippen LogP contribution in [0.25, 0.3) is 0 Å². The predicted octanol–water partition coefficient (Wildman–Crippen LogP) is 2.06. The van der Waals surface area contributed by atoms with Crippen molar-refractivity contribution < 1.29 is 23.9 Å². The molecule has 1 atom stereocenters. The summed E-state index contributed by atoms with van der Waals surface area (Å²) in [5, 5.41) is 5.04. The molecule has 3 heterocycles. The van der Waals surface area contributed by atoms with Crippen molar-refractivity contribution in [1.29, 1.82) is 0 Å². The second-order valence-corrected chi connectivity index (χ2v) is 8.76. The highest BCUT2D eigenvalue weighted by Gasteiger charge is 2.39. The molecule has 2 fully saturated rings. The molecule has 9 nitrogen and oxygen atoms in total. The Morgan fingerprint density at radius 2 is 1.97 bits per heavy atom. The Bertz CT molecular complexity index is 970. The molecule has 176 valence electrons. The summed E-state index contributed by atoms with van der Waals surface area (Å²) in [6, 6.07) is 4.69. The van der Waals surface area contributed by atoms with Crippen LogP contribution in [0.3, 0.4) is 0 Å². The lowest BCUT2D eigenvalue weighted by Gasteiger charge is -2.30. The van der Waals surface area contributed by atoms with Gasteiger partial charge in [-0.1, -0.05) is 18.7 Å². The lowest BCUT2D eigenvalue weighted by Crippen LogP contribution is -2.52. The van der Waals surface area contributed by atoms with Crippen LogP contribution in [0.4, 0.5) is 4.79 Å². The topological polar surface area (TPSA) is 108 Å². The Kier molecular flexibility index (Phi) is 6.96. The van der Waals surface area contributed by atoms with Crippen molar-refractivity contribution in [3.63, 3.8) is 0 Å². The van der Waals surface area contributed by atoms with Gasteiger partial charge in [0, 0.05) is 50.3 Å². The fourth-order valence-corrected chi connectivity index (χ4v) is 4.57.